The number of carbonyl (C=O) groups is 1. The third kappa shape index (κ3) is 4.72. The standard InChI is InChI=1S/C34H39N9O2/c1-18(2)31-36-12-11-28(39-31)38-27-10-8-20-14-25(42(32(20)40-27)16-19-5-6-19)33-37-23-13-22(15-26(45-4)30(23)41(33)3)34(44)43-17-21-7-9-24(43)29(21)35/h8,10-15,18-19,21,24,29H,5-7,9,16-17,35H2,1-4H3,(H,36,38,39,40)/t21-,24-,29-/m1/s1. The van der Waals surface area contributed by atoms with Gasteiger partial charge < -0.3 is 29.8 Å². The molecule has 4 aromatic heterocycles. The smallest absolute Gasteiger partial charge is 0.254 e. The van der Waals surface area contributed by atoms with E-state index >= 15 is 0 Å². The van der Waals surface area contributed by atoms with Gasteiger partial charge in [-0.1, -0.05) is 13.8 Å². The zero-order valence-electron chi connectivity index (χ0n) is 26.2. The predicted octanol–water partition coefficient (Wildman–Crippen LogP) is 5.23. The number of carbonyl (C=O) groups excluding carboxylic acids is 1. The van der Waals surface area contributed by atoms with Crippen LogP contribution in [0.25, 0.3) is 33.6 Å². The van der Waals surface area contributed by atoms with Crippen LogP contribution in [0.1, 0.15) is 61.6 Å². The van der Waals surface area contributed by atoms with Gasteiger partial charge in [-0.05, 0) is 73.9 Å². The molecule has 1 aliphatic heterocycles. The number of piperidine rings is 1. The van der Waals surface area contributed by atoms with Crippen molar-refractivity contribution >= 4 is 39.6 Å². The molecule has 2 bridgehead atoms. The van der Waals surface area contributed by atoms with E-state index in [1.54, 1.807) is 13.3 Å². The highest BCUT2D eigenvalue weighted by Gasteiger charge is 2.47. The summed E-state index contributed by atoms with van der Waals surface area (Å²) in [6, 6.07) is 12.0. The summed E-state index contributed by atoms with van der Waals surface area (Å²) in [6.45, 7) is 5.75. The number of benzene rings is 1. The van der Waals surface area contributed by atoms with Crippen LogP contribution in [0, 0.1) is 11.8 Å². The molecule has 232 valence electrons. The third-order valence-electron chi connectivity index (χ3n) is 9.87. The van der Waals surface area contributed by atoms with E-state index in [2.05, 4.69) is 50.4 Å². The van der Waals surface area contributed by atoms with E-state index in [1.807, 2.05) is 36.2 Å². The maximum absolute atomic E-state index is 13.7. The number of hydrogen-bond acceptors (Lipinski definition) is 8. The number of methoxy groups -OCH3 is 1. The largest absolute Gasteiger partial charge is 0.494 e. The number of ether oxygens (including phenoxy) is 1. The molecule has 5 heterocycles. The Kier molecular flexibility index (Phi) is 6.56. The fraction of sp³-hybridized carbons (Fsp3) is 0.441. The number of fused-ring (bicyclic) bond motifs is 4. The molecule has 0 unspecified atom stereocenters. The number of hydrogen-bond donors (Lipinski definition) is 2. The van der Waals surface area contributed by atoms with Crippen LogP contribution >= 0.6 is 0 Å². The number of pyridine rings is 1. The molecule has 45 heavy (non-hydrogen) atoms. The fourth-order valence-corrected chi connectivity index (χ4v) is 7.24. The van der Waals surface area contributed by atoms with Crippen LogP contribution in [0.5, 0.6) is 5.75 Å². The molecule has 11 heteroatoms. The summed E-state index contributed by atoms with van der Waals surface area (Å²) in [7, 11) is 3.65. The highest BCUT2D eigenvalue weighted by Crippen LogP contribution is 2.40. The number of anilines is 2. The Morgan fingerprint density at radius 3 is 2.60 bits per heavy atom. The Labute approximate surface area is 261 Å². The van der Waals surface area contributed by atoms with E-state index in [1.165, 1.54) is 12.8 Å². The van der Waals surface area contributed by atoms with Gasteiger partial charge in [-0.2, -0.15) is 0 Å². The van der Waals surface area contributed by atoms with Gasteiger partial charge >= 0.3 is 0 Å². The number of nitrogens with one attached hydrogen (secondary N) is 1. The quantitative estimate of drug-likeness (QED) is 0.246. The van der Waals surface area contributed by atoms with Crippen molar-refractivity contribution in [2.45, 2.75) is 64.1 Å². The lowest BCUT2D eigenvalue weighted by Crippen LogP contribution is -2.41. The molecule has 3 aliphatic rings. The Bertz CT molecular complexity index is 1960. The van der Waals surface area contributed by atoms with Crippen LogP contribution in [0.2, 0.25) is 0 Å². The molecule has 1 aromatic carbocycles. The van der Waals surface area contributed by atoms with Gasteiger partial charge in [0.15, 0.2) is 5.82 Å². The number of imidazole rings is 1. The highest BCUT2D eigenvalue weighted by atomic mass is 16.5. The lowest BCUT2D eigenvalue weighted by atomic mass is 10.1. The number of rotatable bonds is 8. The van der Waals surface area contributed by atoms with Gasteiger partial charge in [-0.25, -0.2) is 19.9 Å². The first-order valence-corrected chi connectivity index (χ1v) is 16.0. The normalized spacial score (nSPS) is 21.0. The number of amides is 1. The van der Waals surface area contributed by atoms with Crippen molar-refractivity contribution in [1.82, 2.24) is 34.0 Å². The highest BCUT2D eigenvalue weighted by molar-refractivity contribution is 6.00. The van der Waals surface area contributed by atoms with Crippen molar-refractivity contribution in [2.75, 3.05) is 19.0 Å². The van der Waals surface area contributed by atoms with Gasteiger partial charge in [0.1, 0.15) is 34.4 Å². The number of nitrogens with two attached hydrogens (primary N) is 1. The molecule has 1 amide bonds. The monoisotopic (exact) mass is 605 g/mol. The summed E-state index contributed by atoms with van der Waals surface area (Å²) in [5, 5.41) is 4.42. The fourth-order valence-electron chi connectivity index (χ4n) is 7.24. The second-order valence-corrected chi connectivity index (χ2v) is 13.3. The van der Waals surface area contributed by atoms with E-state index in [0.717, 1.165) is 77.0 Å². The van der Waals surface area contributed by atoms with Crippen molar-refractivity contribution in [3.05, 3.63) is 54.0 Å². The molecule has 0 spiro atoms. The Hall–Kier alpha value is -4.51. The molecule has 3 fully saturated rings. The molecule has 1 saturated heterocycles. The summed E-state index contributed by atoms with van der Waals surface area (Å²) in [5.41, 5.74) is 10.5. The van der Waals surface area contributed by atoms with Crippen molar-refractivity contribution in [2.24, 2.45) is 24.6 Å². The minimum Gasteiger partial charge on any atom is -0.494 e. The van der Waals surface area contributed by atoms with Crippen molar-refractivity contribution in [3.63, 3.8) is 0 Å². The Balaban J connectivity index is 1.19. The van der Waals surface area contributed by atoms with E-state index < -0.39 is 0 Å². The molecule has 8 rings (SSSR count). The lowest BCUT2D eigenvalue weighted by Gasteiger charge is -2.27. The topological polar surface area (TPSA) is 129 Å². The lowest BCUT2D eigenvalue weighted by molar-refractivity contribution is 0.0700. The summed E-state index contributed by atoms with van der Waals surface area (Å²) in [4.78, 5) is 34.9. The zero-order chi connectivity index (χ0) is 31.0. The van der Waals surface area contributed by atoms with E-state index in [-0.39, 0.29) is 23.9 Å². The Morgan fingerprint density at radius 1 is 1.07 bits per heavy atom. The molecular formula is C34H39N9O2. The third-order valence-corrected chi connectivity index (χ3v) is 9.87. The van der Waals surface area contributed by atoms with Crippen molar-refractivity contribution in [3.8, 4) is 17.3 Å². The SMILES string of the molecule is COc1cc(C(=O)N2C[C@H]3CC[C@@H]2[C@@H]3N)cc2nc(-c3cc4ccc(Nc5ccnc(C(C)C)n5)nc4n3CC3CC3)n(C)c12. The summed E-state index contributed by atoms with van der Waals surface area (Å²) >= 11 is 0. The molecule has 2 saturated carbocycles. The van der Waals surface area contributed by atoms with E-state index in [0.29, 0.717) is 23.1 Å². The summed E-state index contributed by atoms with van der Waals surface area (Å²) < 4.78 is 10.2. The number of aryl methyl sites for hydroxylation is 1. The first kappa shape index (κ1) is 28.0. The molecule has 5 aromatic rings. The van der Waals surface area contributed by atoms with E-state index in [4.69, 9.17) is 20.4 Å². The second kappa shape index (κ2) is 10.5. The number of likely N-dealkylation sites (tertiary alicyclic amines) is 1. The average molecular weight is 606 g/mol. The van der Waals surface area contributed by atoms with Gasteiger partial charge in [-0.3, -0.25) is 4.79 Å². The molecule has 0 radical (unpaired) electrons. The molecule has 2 aliphatic carbocycles. The molecule has 11 nitrogen and oxygen atoms in total. The summed E-state index contributed by atoms with van der Waals surface area (Å²) in [6.07, 6.45) is 6.27. The van der Waals surface area contributed by atoms with Gasteiger partial charge in [0.2, 0.25) is 0 Å². The van der Waals surface area contributed by atoms with Gasteiger partial charge in [-0.15, -0.1) is 0 Å². The molecule has 3 N–H and O–H groups in total. The molecule has 3 atom stereocenters. The van der Waals surface area contributed by atoms with Crippen LogP contribution in [0.4, 0.5) is 11.6 Å². The van der Waals surface area contributed by atoms with Crippen molar-refractivity contribution in [1.29, 1.82) is 0 Å². The van der Waals surface area contributed by atoms with E-state index in [9.17, 15) is 4.79 Å². The van der Waals surface area contributed by atoms with Crippen LogP contribution in [-0.4, -0.2) is 65.6 Å². The number of aromatic nitrogens is 6. The van der Waals surface area contributed by atoms with Crippen LogP contribution in [0.3, 0.4) is 0 Å². The zero-order valence-corrected chi connectivity index (χ0v) is 26.2. The van der Waals surface area contributed by atoms with Crippen LogP contribution in [-0.2, 0) is 13.6 Å². The van der Waals surface area contributed by atoms with Crippen LogP contribution < -0.4 is 15.8 Å². The van der Waals surface area contributed by atoms with Crippen LogP contribution in [0.15, 0.2) is 42.6 Å². The minimum absolute atomic E-state index is 0.00123. The summed E-state index contributed by atoms with van der Waals surface area (Å²) in [5.74, 6) is 4.91. The minimum atomic E-state index is 0.00123. The molecular weight excluding hydrogens is 566 g/mol. The Morgan fingerprint density at radius 2 is 1.89 bits per heavy atom. The maximum atomic E-state index is 13.7. The maximum Gasteiger partial charge on any atom is 0.254 e. The van der Waals surface area contributed by atoms with Gasteiger partial charge in [0.05, 0.1) is 18.3 Å². The van der Waals surface area contributed by atoms with Crippen molar-refractivity contribution < 1.29 is 9.53 Å². The number of nitrogens with zero attached hydrogens (tertiary/aromatic N) is 7. The first-order valence-electron chi connectivity index (χ1n) is 16.0. The van der Waals surface area contributed by atoms with Gasteiger partial charge in [0, 0.05) is 55.3 Å². The first-order chi connectivity index (χ1) is 21.8. The second-order valence-electron chi connectivity index (χ2n) is 13.3. The average Bonchev–Trinajstić information content (AvgIpc) is 3.45. The predicted molar refractivity (Wildman–Crippen MR) is 174 cm³/mol. The van der Waals surface area contributed by atoms with Gasteiger partial charge in [0.25, 0.3) is 5.91 Å².